The van der Waals surface area contributed by atoms with Gasteiger partial charge in [-0.3, -0.25) is 0 Å². The monoisotopic (exact) mass is 270 g/mol. The maximum Gasteiger partial charge on any atom is 0.407 e. The number of carbonyl (C=O) groups excluding carboxylic acids is 1. The Labute approximate surface area is 115 Å². The lowest BCUT2D eigenvalue weighted by Gasteiger charge is -2.35. The molecule has 0 aromatic heterocycles. The van der Waals surface area contributed by atoms with Gasteiger partial charge in [-0.05, 0) is 46.5 Å². The molecule has 1 aliphatic carbocycles. The summed E-state index contributed by atoms with van der Waals surface area (Å²) in [5, 5.41) is 6.56. The molecule has 0 aromatic carbocycles. The van der Waals surface area contributed by atoms with E-state index in [0.29, 0.717) is 12.1 Å². The normalized spacial score (nSPS) is 28.6. The van der Waals surface area contributed by atoms with Gasteiger partial charge in [-0.1, -0.05) is 0 Å². The molecule has 0 spiro atoms. The van der Waals surface area contributed by atoms with Crippen molar-refractivity contribution in [3.05, 3.63) is 0 Å². The fraction of sp³-hybridized carbons (Fsp3) is 0.929. The van der Waals surface area contributed by atoms with Gasteiger partial charge >= 0.3 is 6.09 Å². The average Bonchev–Trinajstić information content (AvgIpc) is 2.23. The molecule has 1 saturated heterocycles. The lowest BCUT2D eigenvalue weighted by Crippen LogP contribution is -2.52. The molecule has 0 bridgehead atoms. The maximum absolute atomic E-state index is 11.7. The van der Waals surface area contributed by atoms with Crippen molar-refractivity contribution in [2.24, 2.45) is 0 Å². The van der Waals surface area contributed by atoms with Gasteiger partial charge in [-0.25, -0.2) is 4.79 Å². The van der Waals surface area contributed by atoms with Gasteiger partial charge in [-0.15, -0.1) is 0 Å². The van der Waals surface area contributed by atoms with Crippen LogP contribution >= 0.6 is 0 Å². The minimum atomic E-state index is -0.424. The zero-order chi connectivity index (χ0) is 13.9. The van der Waals surface area contributed by atoms with E-state index in [1.54, 1.807) is 0 Å². The lowest BCUT2D eigenvalue weighted by molar-refractivity contribution is -0.0124. The van der Waals surface area contributed by atoms with E-state index in [-0.39, 0.29) is 12.1 Å². The Balaban J connectivity index is 1.64. The fourth-order valence-corrected chi connectivity index (χ4v) is 2.54. The van der Waals surface area contributed by atoms with Crippen LogP contribution < -0.4 is 10.6 Å². The van der Waals surface area contributed by atoms with Crippen molar-refractivity contribution in [3.8, 4) is 0 Å². The molecule has 2 N–H and O–H groups in total. The number of hydrogen-bond donors (Lipinski definition) is 2. The van der Waals surface area contributed by atoms with Crippen LogP contribution in [0.25, 0.3) is 0 Å². The Morgan fingerprint density at radius 3 is 2.11 bits per heavy atom. The smallest absolute Gasteiger partial charge is 0.407 e. The molecule has 1 heterocycles. The SMILES string of the molecule is CC(C)(C)OC(=O)NC1CCC(NC2COC2)CC1. The number of hydrogen-bond acceptors (Lipinski definition) is 4. The minimum Gasteiger partial charge on any atom is -0.444 e. The molecule has 110 valence electrons. The number of amides is 1. The largest absolute Gasteiger partial charge is 0.444 e. The van der Waals surface area contributed by atoms with Gasteiger partial charge in [0.1, 0.15) is 5.60 Å². The number of ether oxygens (including phenoxy) is 2. The number of rotatable bonds is 3. The molecule has 1 aliphatic heterocycles. The Morgan fingerprint density at radius 1 is 1.05 bits per heavy atom. The minimum absolute atomic E-state index is 0.255. The third-order valence-electron chi connectivity index (χ3n) is 3.56. The number of alkyl carbamates (subject to hydrolysis) is 1. The second-order valence-electron chi connectivity index (χ2n) is 6.60. The third-order valence-corrected chi connectivity index (χ3v) is 3.56. The van der Waals surface area contributed by atoms with Crippen molar-refractivity contribution in [1.29, 1.82) is 0 Å². The van der Waals surface area contributed by atoms with Crippen LogP contribution in [0.15, 0.2) is 0 Å². The molecule has 1 amide bonds. The first-order valence-corrected chi connectivity index (χ1v) is 7.26. The predicted molar refractivity (Wildman–Crippen MR) is 73.2 cm³/mol. The molecule has 0 unspecified atom stereocenters. The topological polar surface area (TPSA) is 59.6 Å². The quantitative estimate of drug-likeness (QED) is 0.821. The summed E-state index contributed by atoms with van der Waals surface area (Å²) in [4.78, 5) is 11.7. The zero-order valence-corrected chi connectivity index (χ0v) is 12.2. The summed E-state index contributed by atoms with van der Waals surface area (Å²) in [6.07, 6.45) is 3.96. The highest BCUT2D eigenvalue weighted by molar-refractivity contribution is 5.68. The van der Waals surface area contributed by atoms with Crippen LogP contribution in [0, 0.1) is 0 Å². The summed E-state index contributed by atoms with van der Waals surface area (Å²) in [6, 6.07) is 1.37. The molecule has 0 radical (unpaired) electrons. The van der Waals surface area contributed by atoms with Crippen molar-refractivity contribution < 1.29 is 14.3 Å². The molecule has 0 atom stereocenters. The molecular formula is C14H26N2O3. The summed E-state index contributed by atoms with van der Waals surface area (Å²) in [5.41, 5.74) is -0.424. The predicted octanol–water partition coefficient (Wildman–Crippen LogP) is 1.81. The van der Waals surface area contributed by atoms with Gasteiger partial charge in [0.15, 0.2) is 0 Å². The first-order chi connectivity index (χ1) is 8.92. The standard InChI is InChI=1S/C14H26N2O3/c1-14(2,3)19-13(17)16-11-6-4-10(5-7-11)15-12-8-18-9-12/h10-12,15H,4-9H2,1-3H3,(H,16,17). The first-order valence-electron chi connectivity index (χ1n) is 7.26. The molecule has 2 fully saturated rings. The number of carbonyl (C=O) groups is 1. The highest BCUT2D eigenvalue weighted by Crippen LogP contribution is 2.20. The Kier molecular flexibility index (Phi) is 4.68. The van der Waals surface area contributed by atoms with Crippen LogP contribution in [0.4, 0.5) is 4.79 Å². The molecule has 5 heteroatoms. The zero-order valence-electron chi connectivity index (χ0n) is 12.2. The molecule has 0 aromatic rings. The van der Waals surface area contributed by atoms with E-state index in [0.717, 1.165) is 38.9 Å². The maximum atomic E-state index is 11.7. The van der Waals surface area contributed by atoms with Crippen LogP contribution in [-0.2, 0) is 9.47 Å². The third kappa shape index (κ3) is 4.99. The molecule has 19 heavy (non-hydrogen) atoms. The number of nitrogens with one attached hydrogen (secondary N) is 2. The van der Waals surface area contributed by atoms with Crippen molar-refractivity contribution in [2.45, 2.75) is 70.2 Å². The van der Waals surface area contributed by atoms with Gasteiger partial charge < -0.3 is 20.1 Å². The van der Waals surface area contributed by atoms with E-state index >= 15 is 0 Å². The summed E-state index contributed by atoms with van der Waals surface area (Å²) in [5.74, 6) is 0. The van der Waals surface area contributed by atoms with Crippen molar-refractivity contribution in [2.75, 3.05) is 13.2 Å². The van der Waals surface area contributed by atoms with E-state index in [1.807, 2.05) is 20.8 Å². The summed E-state index contributed by atoms with van der Waals surface area (Å²) in [6.45, 7) is 7.34. The van der Waals surface area contributed by atoms with Crippen molar-refractivity contribution in [3.63, 3.8) is 0 Å². The van der Waals surface area contributed by atoms with E-state index in [4.69, 9.17) is 9.47 Å². The Bertz CT molecular complexity index is 302. The fourth-order valence-electron chi connectivity index (χ4n) is 2.54. The second-order valence-corrected chi connectivity index (χ2v) is 6.60. The van der Waals surface area contributed by atoms with Crippen LogP contribution in [0.3, 0.4) is 0 Å². The van der Waals surface area contributed by atoms with E-state index in [2.05, 4.69) is 10.6 Å². The van der Waals surface area contributed by atoms with Crippen LogP contribution in [0.1, 0.15) is 46.5 Å². The second kappa shape index (κ2) is 6.09. The van der Waals surface area contributed by atoms with Crippen LogP contribution in [-0.4, -0.2) is 43.0 Å². The van der Waals surface area contributed by atoms with Gasteiger partial charge in [0.05, 0.1) is 19.3 Å². The highest BCUT2D eigenvalue weighted by atomic mass is 16.6. The summed E-state index contributed by atoms with van der Waals surface area (Å²) < 4.78 is 10.4. The van der Waals surface area contributed by atoms with E-state index in [9.17, 15) is 4.79 Å². The Hall–Kier alpha value is -0.810. The van der Waals surface area contributed by atoms with E-state index in [1.165, 1.54) is 0 Å². The lowest BCUT2D eigenvalue weighted by atomic mass is 9.90. The van der Waals surface area contributed by atoms with Gasteiger partial charge in [0.2, 0.25) is 0 Å². The molecule has 5 nitrogen and oxygen atoms in total. The van der Waals surface area contributed by atoms with Gasteiger partial charge in [0.25, 0.3) is 0 Å². The van der Waals surface area contributed by atoms with Crippen LogP contribution in [0.5, 0.6) is 0 Å². The van der Waals surface area contributed by atoms with E-state index < -0.39 is 5.60 Å². The van der Waals surface area contributed by atoms with Crippen LogP contribution in [0.2, 0.25) is 0 Å². The molecule has 1 saturated carbocycles. The van der Waals surface area contributed by atoms with Crippen molar-refractivity contribution in [1.82, 2.24) is 10.6 Å². The summed E-state index contributed by atoms with van der Waals surface area (Å²) >= 11 is 0. The first kappa shape index (κ1) is 14.6. The summed E-state index contributed by atoms with van der Waals surface area (Å²) in [7, 11) is 0. The van der Waals surface area contributed by atoms with Gasteiger partial charge in [-0.2, -0.15) is 0 Å². The molecular weight excluding hydrogens is 244 g/mol. The molecule has 2 aliphatic rings. The van der Waals surface area contributed by atoms with Gasteiger partial charge in [0, 0.05) is 12.1 Å². The Morgan fingerprint density at radius 2 is 1.63 bits per heavy atom. The highest BCUT2D eigenvalue weighted by Gasteiger charge is 2.27. The molecule has 2 rings (SSSR count). The average molecular weight is 270 g/mol. The van der Waals surface area contributed by atoms with Crippen molar-refractivity contribution >= 4 is 6.09 Å².